The zero-order chi connectivity index (χ0) is 7.56. The Labute approximate surface area is 56.2 Å². The number of rotatable bonds is 2. The summed E-state index contributed by atoms with van der Waals surface area (Å²) in [5.74, 6) is 5.13. The highest BCUT2D eigenvalue weighted by Crippen LogP contribution is 1.98. The van der Waals surface area contributed by atoms with Crippen LogP contribution in [0.2, 0.25) is 0 Å². The molecular weight excluding hydrogens is 139 g/mol. The second-order valence-corrected chi connectivity index (χ2v) is 1.46. The lowest BCUT2D eigenvalue weighted by molar-refractivity contribution is 0.274. The van der Waals surface area contributed by atoms with Crippen LogP contribution in [-0.2, 0) is 0 Å². The Morgan fingerprint density at radius 3 is 2.80 bits per heavy atom. The number of hydrogen-bond acceptors (Lipinski definition) is 6. The molecule has 4 N–H and O–H groups in total. The molecule has 0 aliphatic carbocycles. The Bertz CT molecular complexity index is 212. The molecule has 7 nitrogen and oxygen atoms in total. The molecule has 0 fully saturated rings. The number of nitrogens with two attached hydrogens (primary N) is 1. The SMILES string of the molecule is Nn1cnnc1OB(O)O. The lowest BCUT2D eigenvalue weighted by Crippen LogP contribution is -2.24. The summed E-state index contributed by atoms with van der Waals surface area (Å²) in [6.07, 6.45) is 1.16. The highest BCUT2D eigenvalue weighted by Gasteiger charge is 2.14. The van der Waals surface area contributed by atoms with Gasteiger partial charge in [0, 0.05) is 0 Å². The molecule has 0 bridgehead atoms. The van der Waals surface area contributed by atoms with E-state index in [0.29, 0.717) is 0 Å². The van der Waals surface area contributed by atoms with Crippen molar-refractivity contribution >= 4 is 7.32 Å². The first-order chi connectivity index (χ1) is 4.70. The van der Waals surface area contributed by atoms with Gasteiger partial charge in [-0.25, -0.2) is 4.68 Å². The molecule has 1 aromatic heterocycles. The van der Waals surface area contributed by atoms with Gasteiger partial charge in [0.25, 0.3) is 0 Å². The van der Waals surface area contributed by atoms with Gasteiger partial charge in [-0.2, -0.15) is 0 Å². The van der Waals surface area contributed by atoms with Crippen molar-refractivity contribution < 1.29 is 14.7 Å². The first kappa shape index (κ1) is 6.84. The third kappa shape index (κ3) is 1.36. The van der Waals surface area contributed by atoms with Gasteiger partial charge in [-0.15, -0.1) is 5.10 Å². The van der Waals surface area contributed by atoms with E-state index in [1.54, 1.807) is 0 Å². The third-order valence-corrected chi connectivity index (χ3v) is 0.751. The lowest BCUT2D eigenvalue weighted by atomic mass is 10.3. The molecule has 0 saturated heterocycles. The summed E-state index contributed by atoms with van der Waals surface area (Å²) in [6, 6.07) is -0.157. The molecule has 8 heteroatoms. The average Bonchev–Trinajstić information content (AvgIpc) is 2.15. The molecule has 1 heterocycles. The van der Waals surface area contributed by atoms with E-state index >= 15 is 0 Å². The minimum Gasteiger partial charge on any atom is -0.482 e. The molecule has 54 valence electrons. The maximum atomic E-state index is 8.25. The number of hydrogen-bond donors (Lipinski definition) is 3. The van der Waals surface area contributed by atoms with Crippen molar-refractivity contribution in [2.24, 2.45) is 0 Å². The highest BCUT2D eigenvalue weighted by atomic mass is 16.6. The van der Waals surface area contributed by atoms with Crippen LogP contribution in [0.5, 0.6) is 6.01 Å². The van der Waals surface area contributed by atoms with Gasteiger partial charge in [-0.05, 0) is 0 Å². The predicted molar refractivity (Wildman–Crippen MR) is 31.0 cm³/mol. The zero-order valence-electron chi connectivity index (χ0n) is 4.88. The van der Waals surface area contributed by atoms with Gasteiger partial charge < -0.3 is 20.5 Å². The third-order valence-electron chi connectivity index (χ3n) is 0.751. The minimum absolute atomic E-state index is 0.157. The first-order valence-corrected chi connectivity index (χ1v) is 2.38. The van der Waals surface area contributed by atoms with E-state index in [0.717, 1.165) is 11.0 Å². The van der Waals surface area contributed by atoms with Gasteiger partial charge in [-0.1, -0.05) is 5.10 Å². The van der Waals surface area contributed by atoms with Gasteiger partial charge >= 0.3 is 13.3 Å². The Balaban J connectivity index is 2.65. The van der Waals surface area contributed by atoms with Gasteiger partial charge in [0.1, 0.15) is 6.33 Å². The van der Waals surface area contributed by atoms with Gasteiger partial charge in [0.2, 0.25) is 0 Å². The van der Waals surface area contributed by atoms with E-state index in [1.807, 2.05) is 0 Å². The Morgan fingerprint density at radius 1 is 1.70 bits per heavy atom. The van der Waals surface area contributed by atoms with Crippen LogP contribution in [0, 0.1) is 0 Å². The standard InChI is InChI=1S/C2H5BN4O3/c4-7-1-5-6-2(7)10-3(8)9/h1,8-9H,4H2. The Morgan fingerprint density at radius 2 is 2.40 bits per heavy atom. The minimum atomic E-state index is -1.92. The number of nitrogens with zero attached hydrogens (tertiary/aromatic N) is 3. The van der Waals surface area contributed by atoms with Gasteiger partial charge in [-0.3, -0.25) is 0 Å². The van der Waals surface area contributed by atoms with E-state index in [2.05, 4.69) is 14.9 Å². The van der Waals surface area contributed by atoms with Crippen LogP contribution in [0.4, 0.5) is 0 Å². The molecule has 1 rings (SSSR count). The van der Waals surface area contributed by atoms with Crippen molar-refractivity contribution in [3.63, 3.8) is 0 Å². The molecule has 0 saturated carbocycles. The fraction of sp³-hybridized carbons (Fsp3) is 0. The summed E-state index contributed by atoms with van der Waals surface area (Å²) in [7, 11) is -1.92. The van der Waals surface area contributed by atoms with Crippen molar-refractivity contribution in [1.29, 1.82) is 0 Å². The summed E-state index contributed by atoms with van der Waals surface area (Å²) in [5.41, 5.74) is 0. The monoisotopic (exact) mass is 144 g/mol. The van der Waals surface area contributed by atoms with Crippen LogP contribution in [0.25, 0.3) is 0 Å². The lowest BCUT2D eigenvalue weighted by Gasteiger charge is -1.99. The second kappa shape index (κ2) is 2.54. The Hall–Kier alpha value is -1.28. The van der Waals surface area contributed by atoms with E-state index in [1.165, 1.54) is 0 Å². The van der Waals surface area contributed by atoms with Crippen LogP contribution < -0.4 is 10.5 Å². The maximum absolute atomic E-state index is 8.25. The predicted octanol–water partition coefficient (Wildman–Crippen LogP) is -2.66. The van der Waals surface area contributed by atoms with Gasteiger partial charge in [0.05, 0.1) is 0 Å². The molecule has 0 unspecified atom stereocenters. The summed E-state index contributed by atoms with van der Waals surface area (Å²) in [4.78, 5) is 0. The summed E-state index contributed by atoms with van der Waals surface area (Å²) >= 11 is 0. The Kier molecular flexibility index (Phi) is 1.74. The largest absolute Gasteiger partial charge is 0.709 e. The maximum Gasteiger partial charge on any atom is 0.709 e. The molecule has 1 aromatic rings. The molecule has 0 amide bonds. The summed E-state index contributed by atoms with van der Waals surface area (Å²) < 4.78 is 5.18. The fourth-order valence-corrected chi connectivity index (χ4v) is 0.411. The molecule has 0 spiro atoms. The van der Waals surface area contributed by atoms with Crippen molar-refractivity contribution in [3.05, 3.63) is 6.33 Å². The van der Waals surface area contributed by atoms with Crippen LogP contribution in [0.3, 0.4) is 0 Å². The molecule has 10 heavy (non-hydrogen) atoms. The molecular formula is C2H5BN4O3. The second-order valence-electron chi connectivity index (χ2n) is 1.46. The molecule has 0 aliphatic rings. The summed E-state index contributed by atoms with van der Waals surface area (Å²) in [6.45, 7) is 0. The highest BCUT2D eigenvalue weighted by molar-refractivity contribution is 6.33. The van der Waals surface area contributed by atoms with E-state index < -0.39 is 7.32 Å². The van der Waals surface area contributed by atoms with Crippen LogP contribution >= 0.6 is 0 Å². The fourth-order valence-electron chi connectivity index (χ4n) is 0.411. The smallest absolute Gasteiger partial charge is 0.482 e. The van der Waals surface area contributed by atoms with E-state index in [4.69, 9.17) is 15.9 Å². The number of nitrogen functional groups attached to an aromatic ring is 1. The quantitative estimate of drug-likeness (QED) is 0.309. The van der Waals surface area contributed by atoms with Crippen LogP contribution in [0.1, 0.15) is 0 Å². The molecule has 0 atom stereocenters. The number of aromatic nitrogens is 3. The molecule has 0 aromatic carbocycles. The molecule has 0 radical (unpaired) electrons. The van der Waals surface area contributed by atoms with Crippen molar-refractivity contribution in [3.8, 4) is 6.01 Å². The van der Waals surface area contributed by atoms with E-state index in [-0.39, 0.29) is 6.01 Å². The summed E-state index contributed by atoms with van der Waals surface area (Å²) in [5, 5.41) is 23.1. The van der Waals surface area contributed by atoms with Crippen molar-refractivity contribution in [2.75, 3.05) is 5.84 Å². The first-order valence-electron chi connectivity index (χ1n) is 2.38. The zero-order valence-corrected chi connectivity index (χ0v) is 4.88. The van der Waals surface area contributed by atoms with Gasteiger partial charge in [0.15, 0.2) is 0 Å². The topological polar surface area (TPSA) is 106 Å². The van der Waals surface area contributed by atoms with Crippen molar-refractivity contribution in [2.45, 2.75) is 0 Å². The van der Waals surface area contributed by atoms with Crippen LogP contribution in [0.15, 0.2) is 6.33 Å². The van der Waals surface area contributed by atoms with E-state index in [9.17, 15) is 0 Å². The van der Waals surface area contributed by atoms with Crippen LogP contribution in [-0.4, -0.2) is 32.2 Å². The normalized spacial score (nSPS) is 9.40. The molecule has 0 aliphatic heterocycles. The van der Waals surface area contributed by atoms with Crippen molar-refractivity contribution in [1.82, 2.24) is 14.9 Å². The average molecular weight is 144 g/mol.